The van der Waals surface area contributed by atoms with Crippen molar-refractivity contribution >= 4 is 11.5 Å². The fraction of sp³-hybridized carbons (Fsp3) is 0.214. The Morgan fingerprint density at radius 3 is 2.29 bits per heavy atom. The van der Waals surface area contributed by atoms with Crippen LogP contribution in [0.5, 0.6) is 0 Å². The summed E-state index contributed by atoms with van der Waals surface area (Å²) >= 11 is 0. The number of hydrogen-bond acceptors (Lipinski definition) is 4. The van der Waals surface area contributed by atoms with E-state index in [2.05, 4.69) is 10.2 Å². The molecule has 0 aliphatic carbocycles. The van der Waals surface area contributed by atoms with Gasteiger partial charge in [-0.05, 0) is 24.3 Å². The number of rotatable bonds is 4. The Morgan fingerprint density at radius 1 is 1.05 bits per heavy atom. The van der Waals surface area contributed by atoms with E-state index in [1.807, 2.05) is 12.1 Å². The van der Waals surface area contributed by atoms with Crippen molar-refractivity contribution < 1.29 is 13.2 Å². The average Bonchev–Trinajstić information content (AvgIpc) is 2.48. The molecule has 0 saturated carbocycles. The van der Waals surface area contributed by atoms with Gasteiger partial charge < -0.3 is 4.90 Å². The lowest BCUT2D eigenvalue weighted by atomic mass is 10.2. The molecule has 0 saturated heterocycles. The maximum absolute atomic E-state index is 12.5. The van der Waals surface area contributed by atoms with Gasteiger partial charge in [0.25, 0.3) is 0 Å². The quantitative estimate of drug-likeness (QED) is 0.864. The Kier molecular flexibility index (Phi) is 4.38. The minimum absolute atomic E-state index is 0.220. The summed E-state index contributed by atoms with van der Waals surface area (Å²) in [5.41, 5.74) is -0.304. The molecule has 0 amide bonds. The van der Waals surface area contributed by atoms with Gasteiger partial charge in [0.1, 0.15) is 0 Å². The summed E-state index contributed by atoms with van der Waals surface area (Å²) in [6.45, 7) is 0.320. The summed E-state index contributed by atoms with van der Waals surface area (Å²) in [5.74, 6) is 0.268. The van der Waals surface area contributed by atoms with Crippen molar-refractivity contribution in [3.63, 3.8) is 0 Å². The Bertz CT molecular complexity index is 617. The fourth-order valence-electron chi connectivity index (χ4n) is 1.77. The number of benzene rings is 1. The second-order valence-electron chi connectivity index (χ2n) is 4.17. The molecular weight excluding hydrogens is 281 g/mol. The first-order chi connectivity index (χ1) is 10.0. The third kappa shape index (κ3) is 3.69. The molecule has 0 spiro atoms. The van der Waals surface area contributed by atoms with Crippen molar-refractivity contribution in [2.45, 2.75) is 12.6 Å². The van der Waals surface area contributed by atoms with E-state index in [0.29, 0.717) is 6.54 Å². The number of anilines is 2. The molecule has 0 aliphatic heterocycles. The zero-order valence-corrected chi connectivity index (χ0v) is 10.9. The maximum Gasteiger partial charge on any atom is 0.435 e. The van der Waals surface area contributed by atoms with Crippen molar-refractivity contribution in [2.75, 3.05) is 11.4 Å². The number of halogens is 3. The Hall–Kier alpha value is -2.62. The highest BCUT2D eigenvalue weighted by Gasteiger charge is 2.33. The zero-order chi connectivity index (χ0) is 15.3. The van der Waals surface area contributed by atoms with Crippen LogP contribution in [0.1, 0.15) is 12.1 Å². The summed E-state index contributed by atoms with van der Waals surface area (Å²) in [6, 6.07) is 13.1. The van der Waals surface area contributed by atoms with Crippen LogP contribution in [-0.2, 0) is 6.18 Å². The van der Waals surface area contributed by atoms with Gasteiger partial charge in [0.15, 0.2) is 11.5 Å². The number of aromatic nitrogens is 2. The average molecular weight is 292 g/mol. The number of nitriles is 1. The summed E-state index contributed by atoms with van der Waals surface area (Å²) in [5, 5.41) is 15.5. The van der Waals surface area contributed by atoms with Crippen LogP contribution < -0.4 is 4.90 Å². The SMILES string of the molecule is N#CCCN(c1ccccc1)c1ccc(C(F)(F)F)nn1. The van der Waals surface area contributed by atoms with Crippen LogP contribution in [0.2, 0.25) is 0 Å². The van der Waals surface area contributed by atoms with Gasteiger partial charge in [-0.2, -0.15) is 18.4 Å². The molecule has 2 aromatic rings. The molecule has 108 valence electrons. The molecule has 4 nitrogen and oxygen atoms in total. The molecule has 0 fully saturated rings. The van der Waals surface area contributed by atoms with Crippen LogP contribution in [0, 0.1) is 11.3 Å². The maximum atomic E-state index is 12.5. The summed E-state index contributed by atoms with van der Waals surface area (Å²) in [7, 11) is 0. The predicted molar refractivity (Wildman–Crippen MR) is 70.7 cm³/mol. The molecule has 1 heterocycles. The highest BCUT2D eigenvalue weighted by molar-refractivity contribution is 5.59. The lowest BCUT2D eigenvalue weighted by Crippen LogP contribution is -2.20. The van der Waals surface area contributed by atoms with E-state index in [0.717, 1.165) is 11.8 Å². The van der Waals surface area contributed by atoms with Gasteiger partial charge in [0.2, 0.25) is 0 Å². The van der Waals surface area contributed by atoms with E-state index in [1.165, 1.54) is 6.07 Å². The third-order valence-electron chi connectivity index (χ3n) is 2.73. The third-order valence-corrected chi connectivity index (χ3v) is 2.73. The Labute approximate surface area is 119 Å². The van der Waals surface area contributed by atoms with Crippen LogP contribution in [0.15, 0.2) is 42.5 Å². The van der Waals surface area contributed by atoms with Crippen LogP contribution in [0.3, 0.4) is 0 Å². The Balaban J connectivity index is 2.31. The minimum atomic E-state index is -4.52. The highest BCUT2D eigenvalue weighted by Crippen LogP contribution is 2.29. The first-order valence-corrected chi connectivity index (χ1v) is 6.13. The molecule has 0 unspecified atom stereocenters. The molecule has 0 radical (unpaired) electrons. The number of para-hydroxylation sites is 1. The van der Waals surface area contributed by atoms with Crippen LogP contribution >= 0.6 is 0 Å². The number of alkyl halides is 3. The first-order valence-electron chi connectivity index (χ1n) is 6.13. The van der Waals surface area contributed by atoms with Gasteiger partial charge >= 0.3 is 6.18 Å². The number of nitrogens with zero attached hydrogens (tertiary/aromatic N) is 4. The van der Waals surface area contributed by atoms with Gasteiger partial charge in [-0.25, -0.2) is 0 Å². The second-order valence-corrected chi connectivity index (χ2v) is 4.17. The number of hydrogen-bond donors (Lipinski definition) is 0. The molecule has 0 atom stereocenters. The molecule has 1 aromatic heterocycles. The van der Waals surface area contributed by atoms with Crippen molar-refractivity contribution in [1.29, 1.82) is 5.26 Å². The molecule has 0 aliphatic rings. The van der Waals surface area contributed by atoms with Crippen molar-refractivity contribution in [2.24, 2.45) is 0 Å². The lowest BCUT2D eigenvalue weighted by molar-refractivity contribution is -0.141. The molecule has 2 rings (SSSR count). The summed E-state index contributed by atoms with van der Waals surface area (Å²) in [6.07, 6.45) is -4.30. The van der Waals surface area contributed by atoms with E-state index < -0.39 is 11.9 Å². The van der Waals surface area contributed by atoms with Crippen molar-refractivity contribution in [3.8, 4) is 6.07 Å². The molecule has 7 heteroatoms. The van der Waals surface area contributed by atoms with Crippen LogP contribution in [-0.4, -0.2) is 16.7 Å². The first kappa shape index (κ1) is 14.8. The highest BCUT2D eigenvalue weighted by atomic mass is 19.4. The van der Waals surface area contributed by atoms with Gasteiger partial charge in [0.05, 0.1) is 12.5 Å². The summed E-state index contributed by atoms with van der Waals surface area (Å²) in [4.78, 5) is 1.65. The van der Waals surface area contributed by atoms with Gasteiger partial charge in [-0.3, -0.25) is 0 Å². The molecular formula is C14H11F3N4. The van der Waals surface area contributed by atoms with E-state index in [4.69, 9.17) is 5.26 Å². The van der Waals surface area contributed by atoms with E-state index in [-0.39, 0.29) is 12.2 Å². The Morgan fingerprint density at radius 2 is 1.76 bits per heavy atom. The largest absolute Gasteiger partial charge is 0.435 e. The van der Waals surface area contributed by atoms with Gasteiger partial charge in [-0.1, -0.05) is 18.2 Å². The van der Waals surface area contributed by atoms with E-state index in [1.54, 1.807) is 29.2 Å². The van der Waals surface area contributed by atoms with Crippen LogP contribution in [0.4, 0.5) is 24.7 Å². The second kappa shape index (κ2) is 6.22. The predicted octanol–water partition coefficient (Wildman–Crippen LogP) is 3.55. The van der Waals surface area contributed by atoms with Gasteiger partial charge in [0, 0.05) is 12.2 Å². The zero-order valence-electron chi connectivity index (χ0n) is 10.9. The smallest absolute Gasteiger partial charge is 0.324 e. The molecule has 0 bridgehead atoms. The van der Waals surface area contributed by atoms with Gasteiger partial charge in [-0.15, -0.1) is 10.2 Å². The molecule has 21 heavy (non-hydrogen) atoms. The van der Waals surface area contributed by atoms with Crippen LogP contribution in [0.25, 0.3) is 0 Å². The minimum Gasteiger partial charge on any atom is -0.324 e. The lowest BCUT2D eigenvalue weighted by Gasteiger charge is -2.22. The topological polar surface area (TPSA) is 52.8 Å². The normalized spacial score (nSPS) is 11.0. The standard InChI is InChI=1S/C14H11F3N4/c15-14(16,17)12-7-8-13(20-19-12)21(10-4-9-18)11-5-2-1-3-6-11/h1-3,5-8H,4,10H2. The van der Waals surface area contributed by atoms with E-state index >= 15 is 0 Å². The molecule has 1 aromatic carbocycles. The summed E-state index contributed by atoms with van der Waals surface area (Å²) < 4.78 is 37.5. The fourth-order valence-corrected chi connectivity index (χ4v) is 1.77. The van der Waals surface area contributed by atoms with Crippen molar-refractivity contribution in [3.05, 3.63) is 48.2 Å². The monoisotopic (exact) mass is 292 g/mol. The van der Waals surface area contributed by atoms with Crippen molar-refractivity contribution in [1.82, 2.24) is 10.2 Å². The van der Waals surface area contributed by atoms with E-state index in [9.17, 15) is 13.2 Å². The molecule has 0 N–H and O–H groups in total.